The monoisotopic (exact) mass is 402 g/mol. The topological polar surface area (TPSA) is 79.6 Å². The van der Waals surface area contributed by atoms with Crippen LogP contribution in [-0.4, -0.2) is 38.9 Å². The molecule has 0 bridgehead atoms. The van der Waals surface area contributed by atoms with Gasteiger partial charge in [-0.1, -0.05) is 6.07 Å². The molecule has 1 aliphatic rings. The highest BCUT2D eigenvalue weighted by atomic mass is 32.2. The van der Waals surface area contributed by atoms with E-state index in [4.69, 9.17) is 4.42 Å². The number of benzene rings is 1. The van der Waals surface area contributed by atoms with Crippen LogP contribution < -0.4 is 4.72 Å². The van der Waals surface area contributed by atoms with E-state index < -0.39 is 10.0 Å². The van der Waals surface area contributed by atoms with Crippen LogP contribution in [0.15, 0.2) is 52.0 Å². The van der Waals surface area contributed by atoms with Gasteiger partial charge in [0.05, 0.1) is 11.2 Å². The smallest absolute Gasteiger partial charge is 0.246 e. The van der Waals surface area contributed by atoms with Gasteiger partial charge in [0, 0.05) is 25.7 Å². The summed E-state index contributed by atoms with van der Waals surface area (Å²) < 4.78 is 32.9. The van der Waals surface area contributed by atoms with Crippen LogP contribution in [0.4, 0.5) is 0 Å². The van der Waals surface area contributed by atoms with Gasteiger partial charge in [0.25, 0.3) is 0 Å². The van der Waals surface area contributed by atoms with Gasteiger partial charge in [-0.2, -0.15) is 0 Å². The molecule has 150 valence electrons. The van der Waals surface area contributed by atoms with Crippen molar-refractivity contribution in [3.63, 3.8) is 0 Å². The van der Waals surface area contributed by atoms with Gasteiger partial charge in [-0.05, 0) is 74.1 Å². The lowest BCUT2D eigenvalue weighted by molar-refractivity contribution is -0.127. The maximum Gasteiger partial charge on any atom is 0.246 e. The molecule has 0 aliphatic carbocycles. The maximum atomic E-state index is 12.5. The molecule has 1 aromatic carbocycles. The molecular formula is C21H26N2O4S. The summed E-state index contributed by atoms with van der Waals surface area (Å²) in [4.78, 5) is 14.3. The van der Waals surface area contributed by atoms with E-state index in [1.807, 2.05) is 19.9 Å². The number of nitrogens with zero attached hydrogens (tertiary/aromatic N) is 1. The summed E-state index contributed by atoms with van der Waals surface area (Å²) in [5.74, 6) is 0.814. The number of hydrogen-bond donors (Lipinski definition) is 1. The molecule has 7 heteroatoms. The molecule has 28 heavy (non-hydrogen) atoms. The lowest BCUT2D eigenvalue weighted by Gasteiger charge is -2.31. The van der Waals surface area contributed by atoms with Crippen molar-refractivity contribution >= 4 is 22.0 Å². The molecule has 0 saturated carbocycles. The quantitative estimate of drug-likeness (QED) is 0.753. The molecule has 1 aliphatic heterocycles. The van der Waals surface area contributed by atoms with Gasteiger partial charge >= 0.3 is 0 Å². The summed E-state index contributed by atoms with van der Waals surface area (Å²) in [6.07, 6.45) is 6.29. The first kappa shape index (κ1) is 20.4. The van der Waals surface area contributed by atoms with Crippen molar-refractivity contribution < 1.29 is 17.6 Å². The molecule has 0 radical (unpaired) electrons. The number of amides is 1. The summed E-state index contributed by atoms with van der Waals surface area (Å²) in [6.45, 7) is 5.49. The van der Waals surface area contributed by atoms with E-state index in [-0.39, 0.29) is 11.8 Å². The van der Waals surface area contributed by atoms with Crippen molar-refractivity contribution in [1.29, 1.82) is 0 Å². The number of carbonyl (C=O) groups is 1. The molecule has 0 atom stereocenters. The van der Waals surface area contributed by atoms with E-state index in [0.29, 0.717) is 30.3 Å². The van der Waals surface area contributed by atoms with Gasteiger partial charge in [0.15, 0.2) is 0 Å². The number of likely N-dealkylation sites (tertiary alicyclic amines) is 1. The largest absolute Gasteiger partial charge is 0.465 e. The Labute approximate surface area is 166 Å². The molecule has 0 spiro atoms. The first-order valence-corrected chi connectivity index (χ1v) is 10.9. The molecule has 1 N–H and O–H groups in total. The molecule has 6 nitrogen and oxygen atoms in total. The third-order valence-electron chi connectivity index (χ3n) is 5.21. The van der Waals surface area contributed by atoms with Crippen molar-refractivity contribution in [3.05, 3.63) is 59.6 Å². The van der Waals surface area contributed by atoms with Crippen molar-refractivity contribution in [3.8, 4) is 0 Å². The second kappa shape index (κ2) is 8.75. The van der Waals surface area contributed by atoms with Crippen LogP contribution in [0.3, 0.4) is 0 Å². The molecule has 2 heterocycles. The lowest BCUT2D eigenvalue weighted by Crippen LogP contribution is -2.40. The predicted octanol–water partition coefficient (Wildman–Crippen LogP) is 3.13. The van der Waals surface area contributed by atoms with Gasteiger partial charge in [-0.3, -0.25) is 4.79 Å². The zero-order valence-corrected chi connectivity index (χ0v) is 17.0. The molecular weight excluding hydrogens is 376 g/mol. The third kappa shape index (κ3) is 5.11. The number of hydrogen-bond acceptors (Lipinski definition) is 4. The van der Waals surface area contributed by atoms with E-state index in [1.165, 1.54) is 6.08 Å². The third-order valence-corrected chi connectivity index (χ3v) is 6.63. The first-order valence-electron chi connectivity index (χ1n) is 9.42. The molecule has 2 aromatic rings. The Bertz CT molecular complexity index is 941. The number of sulfonamides is 1. The Morgan fingerprint density at radius 1 is 1.21 bits per heavy atom. The fourth-order valence-electron chi connectivity index (χ4n) is 3.19. The fourth-order valence-corrected chi connectivity index (χ4v) is 4.40. The predicted molar refractivity (Wildman–Crippen MR) is 108 cm³/mol. The van der Waals surface area contributed by atoms with Crippen LogP contribution in [0, 0.1) is 19.8 Å². The van der Waals surface area contributed by atoms with Gasteiger partial charge in [-0.25, -0.2) is 13.1 Å². The summed E-state index contributed by atoms with van der Waals surface area (Å²) in [5, 5.41) is 0. The second-order valence-electron chi connectivity index (χ2n) is 7.22. The summed E-state index contributed by atoms with van der Waals surface area (Å²) in [5.41, 5.74) is 2.02. The van der Waals surface area contributed by atoms with E-state index in [2.05, 4.69) is 4.72 Å². The summed E-state index contributed by atoms with van der Waals surface area (Å²) in [6, 6.07) is 8.72. The average molecular weight is 403 g/mol. The second-order valence-corrected chi connectivity index (χ2v) is 8.98. The van der Waals surface area contributed by atoms with Gasteiger partial charge in [0.1, 0.15) is 5.76 Å². The zero-order valence-electron chi connectivity index (χ0n) is 16.2. The number of rotatable bonds is 6. The Morgan fingerprint density at radius 2 is 1.96 bits per heavy atom. The number of aryl methyl sites for hydroxylation is 2. The van der Waals surface area contributed by atoms with Crippen LogP contribution in [0.25, 0.3) is 6.08 Å². The van der Waals surface area contributed by atoms with E-state index in [0.717, 1.165) is 24.0 Å². The average Bonchev–Trinajstić information content (AvgIpc) is 3.20. The highest BCUT2D eigenvalue weighted by Crippen LogP contribution is 2.19. The number of piperidine rings is 1. The highest BCUT2D eigenvalue weighted by Gasteiger charge is 2.23. The van der Waals surface area contributed by atoms with E-state index >= 15 is 0 Å². The van der Waals surface area contributed by atoms with E-state index in [1.54, 1.807) is 41.5 Å². The minimum Gasteiger partial charge on any atom is -0.465 e. The van der Waals surface area contributed by atoms with Gasteiger partial charge in [0.2, 0.25) is 15.9 Å². The Kier molecular flexibility index (Phi) is 6.36. The molecule has 1 fully saturated rings. The lowest BCUT2D eigenvalue weighted by atomic mass is 9.97. The van der Waals surface area contributed by atoms with Crippen LogP contribution in [0.2, 0.25) is 0 Å². The van der Waals surface area contributed by atoms with Crippen molar-refractivity contribution in [2.24, 2.45) is 5.92 Å². The SMILES string of the molecule is Cc1ccc(S(=O)(=O)NCC2CCN(C(=O)/C=C/c3ccco3)CC2)cc1C. The summed E-state index contributed by atoms with van der Waals surface area (Å²) >= 11 is 0. The van der Waals surface area contributed by atoms with Crippen LogP contribution in [-0.2, 0) is 14.8 Å². The minimum atomic E-state index is -3.51. The van der Waals surface area contributed by atoms with Gasteiger partial charge in [-0.15, -0.1) is 0 Å². The van der Waals surface area contributed by atoms with Crippen LogP contribution in [0.5, 0.6) is 0 Å². The maximum absolute atomic E-state index is 12.5. The van der Waals surface area contributed by atoms with Crippen LogP contribution >= 0.6 is 0 Å². The number of furan rings is 1. The Balaban J connectivity index is 1.48. The molecule has 1 saturated heterocycles. The highest BCUT2D eigenvalue weighted by molar-refractivity contribution is 7.89. The molecule has 1 aromatic heterocycles. The Morgan fingerprint density at radius 3 is 2.61 bits per heavy atom. The van der Waals surface area contributed by atoms with Crippen molar-refractivity contribution in [2.75, 3.05) is 19.6 Å². The van der Waals surface area contributed by atoms with E-state index in [9.17, 15) is 13.2 Å². The van der Waals surface area contributed by atoms with Crippen molar-refractivity contribution in [2.45, 2.75) is 31.6 Å². The number of carbonyl (C=O) groups excluding carboxylic acids is 1. The minimum absolute atomic E-state index is 0.0504. The van der Waals surface area contributed by atoms with Gasteiger partial charge < -0.3 is 9.32 Å². The summed E-state index contributed by atoms with van der Waals surface area (Å²) in [7, 11) is -3.51. The fraction of sp³-hybridized carbons (Fsp3) is 0.381. The van der Waals surface area contributed by atoms with Crippen LogP contribution in [0.1, 0.15) is 29.7 Å². The first-order chi connectivity index (χ1) is 13.3. The molecule has 3 rings (SSSR count). The number of nitrogens with one attached hydrogen (secondary N) is 1. The Hall–Kier alpha value is -2.38. The standard InChI is InChI=1S/C21H26N2O4S/c1-16-5-7-20(14-17(16)2)28(25,26)22-15-18-9-11-23(12-10-18)21(24)8-6-19-4-3-13-27-19/h3-8,13-14,18,22H,9-12,15H2,1-2H3/b8-6+. The van der Waals surface area contributed by atoms with Crippen molar-refractivity contribution in [1.82, 2.24) is 9.62 Å². The zero-order chi connectivity index (χ0) is 20.1. The molecule has 0 unspecified atom stereocenters. The normalized spacial score (nSPS) is 16.0. The molecule has 1 amide bonds.